The van der Waals surface area contributed by atoms with Crippen molar-refractivity contribution < 1.29 is 13.2 Å². The van der Waals surface area contributed by atoms with Gasteiger partial charge in [-0.1, -0.05) is 13.8 Å². The van der Waals surface area contributed by atoms with Crippen molar-refractivity contribution >= 4 is 9.84 Å². The minimum absolute atomic E-state index is 0.136. The number of rotatable bonds is 9. The Kier molecular flexibility index (Phi) is 7.48. The monoisotopic (exact) mass is 305 g/mol. The Bertz CT molecular complexity index is 361. The number of nitrogens with one attached hydrogen (secondary N) is 1. The van der Waals surface area contributed by atoms with Gasteiger partial charge in [0.05, 0.1) is 11.4 Å². The number of hydrogen-bond donors (Lipinski definition) is 1. The van der Waals surface area contributed by atoms with Crippen LogP contribution >= 0.6 is 0 Å². The fourth-order valence-corrected chi connectivity index (χ4v) is 3.72. The van der Waals surface area contributed by atoms with E-state index in [0.29, 0.717) is 5.75 Å². The lowest BCUT2D eigenvalue weighted by Crippen LogP contribution is -2.52. The Morgan fingerprint density at radius 3 is 2.60 bits per heavy atom. The zero-order valence-corrected chi connectivity index (χ0v) is 14.1. The molecule has 2 unspecified atom stereocenters. The zero-order chi connectivity index (χ0) is 15.1. The zero-order valence-electron chi connectivity index (χ0n) is 13.3. The van der Waals surface area contributed by atoms with Crippen molar-refractivity contribution in [3.8, 4) is 0 Å². The van der Waals surface area contributed by atoms with E-state index in [1.165, 1.54) is 6.42 Å². The lowest BCUT2D eigenvalue weighted by molar-refractivity contribution is -0.0900. The summed E-state index contributed by atoms with van der Waals surface area (Å²) >= 11 is 0. The van der Waals surface area contributed by atoms with Crippen LogP contribution in [0.25, 0.3) is 0 Å². The Hall–Kier alpha value is -0.130. The highest BCUT2D eigenvalue weighted by Gasteiger charge is 2.36. The third-order valence-electron chi connectivity index (χ3n) is 4.27. The first kappa shape index (κ1) is 17.9. The second kappa shape index (κ2) is 8.35. The maximum Gasteiger partial charge on any atom is 0.150 e. The minimum atomic E-state index is -2.85. The van der Waals surface area contributed by atoms with Crippen LogP contribution in [0.2, 0.25) is 0 Å². The molecule has 4 nitrogen and oxygen atoms in total. The predicted molar refractivity (Wildman–Crippen MR) is 83.9 cm³/mol. The quantitative estimate of drug-likeness (QED) is 0.711. The van der Waals surface area contributed by atoms with Crippen molar-refractivity contribution in [2.45, 2.75) is 70.9 Å². The van der Waals surface area contributed by atoms with Gasteiger partial charge in [0.2, 0.25) is 0 Å². The first-order valence-electron chi connectivity index (χ1n) is 8.01. The highest BCUT2D eigenvalue weighted by Crippen LogP contribution is 2.30. The molecule has 1 saturated heterocycles. The van der Waals surface area contributed by atoms with E-state index in [0.717, 1.165) is 45.3 Å². The Morgan fingerprint density at radius 2 is 2.05 bits per heavy atom. The SMILES string of the molecule is CCCNC(CCCS(=O)(=O)CC)C1(C)CCCCO1. The van der Waals surface area contributed by atoms with E-state index >= 15 is 0 Å². The predicted octanol–water partition coefficient (Wildman–Crippen LogP) is 2.53. The second-order valence-corrected chi connectivity index (χ2v) is 8.48. The summed E-state index contributed by atoms with van der Waals surface area (Å²) in [6, 6.07) is 0.259. The van der Waals surface area contributed by atoms with Crippen molar-refractivity contribution in [3.05, 3.63) is 0 Å². The van der Waals surface area contributed by atoms with E-state index in [1.807, 2.05) is 0 Å². The molecule has 0 aromatic rings. The Balaban J connectivity index is 2.55. The van der Waals surface area contributed by atoms with Gasteiger partial charge in [-0.2, -0.15) is 0 Å². The van der Waals surface area contributed by atoms with Crippen LogP contribution in [0, 0.1) is 0 Å². The van der Waals surface area contributed by atoms with Gasteiger partial charge in [0.1, 0.15) is 9.84 Å². The first-order valence-corrected chi connectivity index (χ1v) is 9.83. The minimum Gasteiger partial charge on any atom is -0.374 e. The third kappa shape index (κ3) is 5.70. The maximum absolute atomic E-state index is 11.6. The molecular formula is C15H31NO3S. The molecule has 0 radical (unpaired) electrons. The van der Waals surface area contributed by atoms with E-state index in [1.54, 1.807) is 6.92 Å². The standard InChI is InChI=1S/C15H31NO3S/c1-4-11-16-14(9-8-13-20(17,18)5-2)15(3)10-6-7-12-19-15/h14,16H,4-13H2,1-3H3. The van der Waals surface area contributed by atoms with E-state index in [4.69, 9.17) is 4.74 Å². The van der Waals surface area contributed by atoms with E-state index in [2.05, 4.69) is 19.2 Å². The molecular weight excluding hydrogens is 274 g/mol. The van der Waals surface area contributed by atoms with Gasteiger partial charge in [-0.05, 0) is 52.0 Å². The van der Waals surface area contributed by atoms with Gasteiger partial charge in [0, 0.05) is 18.4 Å². The molecule has 1 N–H and O–H groups in total. The average Bonchev–Trinajstić information content (AvgIpc) is 2.43. The van der Waals surface area contributed by atoms with Crippen molar-refractivity contribution in [2.75, 3.05) is 24.7 Å². The van der Waals surface area contributed by atoms with Crippen LogP contribution in [-0.4, -0.2) is 44.7 Å². The molecule has 0 spiro atoms. The molecule has 2 atom stereocenters. The molecule has 1 heterocycles. The Morgan fingerprint density at radius 1 is 1.30 bits per heavy atom. The maximum atomic E-state index is 11.6. The van der Waals surface area contributed by atoms with Gasteiger partial charge in [-0.25, -0.2) is 8.42 Å². The van der Waals surface area contributed by atoms with Gasteiger partial charge < -0.3 is 10.1 Å². The molecule has 20 heavy (non-hydrogen) atoms. The number of ether oxygens (including phenoxy) is 1. The molecule has 5 heteroatoms. The average molecular weight is 305 g/mol. The van der Waals surface area contributed by atoms with Gasteiger partial charge in [-0.3, -0.25) is 0 Å². The number of hydrogen-bond acceptors (Lipinski definition) is 4. The molecule has 1 aliphatic rings. The Labute approximate surface area is 124 Å². The molecule has 120 valence electrons. The molecule has 1 fully saturated rings. The molecule has 0 bridgehead atoms. The lowest BCUT2D eigenvalue weighted by Gasteiger charge is -2.41. The normalized spacial score (nSPS) is 25.6. The highest BCUT2D eigenvalue weighted by molar-refractivity contribution is 7.91. The second-order valence-electron chi connectivity index (χ2n) is 6.00. The topological polar surface area (TPSA) is 55.4 Å². The third-order valence-corrected chi connectivity index (χ3v) is 6.06. The fourth-order valence-electron chi connectivity index (χ4n) is 2.82. The molecule has 0 saturated carbocycles. The van der Waals surface area contributed by atoms with Crippen molar-refractivity contribution in [2.24, 2.45) is 0 Å². The summed E-state index contributed by atoms with van der Waals surface area (Å²) in [4.78, 5) is 0. The summed E-state index contributed by atoms with van der Waals surface area (Å²) in [5, 5.41) is 3.56. The van der Waals surface area contributed by atoms with E-state index in [9.17, 15) is 8.42 Å². The molecule has 0 aromatic carbocycles. The van der Waals surface area contributed by atoms with Crippen LogP contribution in [0.5, 0.6) is 0 Å². The summed E-state index contributed by atoms with van der Waals surface area (Å²) in [6.45, 7) is 7.83. The number of sulfone groups is 1. The summed E-state index contributed by atoms with van der Waals surface area (Å²) in [7, 11) is -2.85. The van der Waals surface area contributed by atoms with Crippen LogP contribution in [0.4, 0.5) is 0 Å². The van der Waals surface area contributed by atoms with Gasteiger partial charge >= 0.3 is 0 Å². The highest BCUT2D eigenvalue weighted by atomic mass is 32.2. The van der Waals surface area contributed by atoms with Crippen molar-refractivity contribution in [1.29, 1.82) is 0 Å². The summed E-state index contributed by atoms with van der Waals surface area (Å²) in [5.41, 5.74) is -0.136. The summed E-state index contributed by atoms with van der Waals surface area (Å²) in [6.07, 6.45) is 6.08. The van der Waals surface area contributed by atoms with Crippen LogP contribution < -0.4 is 5.32 Å². The molecule has 0 aromatic heterocycles. The largest absolute Gasteiger partial charge is 0.374 e. The smallest absolute Gasteiger partial charge is 0.150 e. The van der Waals surface area contributed by atoms with Crippen molar-refractivity contribution in [3.63, 3.8) is 0 Å². The fraction of sp³-hybridized carbons (Fsp3) is 1.00. The van der Waals surface area contributed by atoms with Crippen LogP contribution in [0.1, 0.15) is 59.3 Å². The van der Waals surface area contributed by atoms with Crippen LogP contribution in [0.3, 0.4) is 0 Å². The van der Waals surface area contributed by atoms with E-state index < -0.39 is 9.84 Å². The van der Waals surface area contributed by atoms with Gasteiger partial charge in [0.25, 0.3) is 0 Å². The van der Waals surface area contributed by atoms with Crippen LogP contribution in [-0.2, 0) is 14.6 Å². The molecule has 0 aliphatic carbocycles. The van der Waals surface area contributed by atoms with Gasteiger partial charge in [0.15, 0.2) is 0 Å². The summed E-state index contributed by atoms with van der Waals surface area (Å²) in [5.74, 6) is 0.539. The van der Waals surface area contributed by atoms with Gasteiger partial charge in [-0.15, -0.1) is 0 Å². The van der Waals surface area contributed by atoms with E-state index in [-0.39, 0.29) is 17.4 Å². The summed E-state index contributed by atoms with van der Waals surface area (Å²) < 4.78 is 29.2. The molecule has 1 rings (SSSR count). The molecule has 1 aliphatic heterocycles. The first-order chi connectivity index (χ1) is 9.43. The van der Waals surface area contributed by atoms with Crippen LogP contribution in [0.15, 0.2) is 0 Å². The lowest BCUT2D eigenvalue weighted by atomic mass is 9.85. The van der Waals surface area contributed by atoms with Crippen molar-refractivity contribution in [1.82, 2.24) is 5.32 Å². The molecule has 0 amide bonds.